The fourth-order valence-electron chi connectivity index (χ4n) is 3.11. The van der Waals surface area contributed by atoms with Gasteiger partial charge in [-0.05, 0) is 37.1 Å². The van der Waals surface area contributed by atoms with E-state index in [1.807, 2.05) is 6.92 Å². The molecule has 0 saturated carbocycles. The number of nitrogens with zero attached hydrogens (tertiary/aromatic N) is 2. The number of halogens is 3. The summed E-state index contributed by atoms with van der Waals surface area (Å²) < 4.78 is 43.7. The zero-order chi connectivity index (χ0) is 20.5. The van der Waals surface area contributed by atoms with Crippen LogP contribution in [0.5, 0.6) is 5.75 Å². The molecule has 0 aliphatic carbocycles. The molecule has 3 rings (SSSR count). The second-order valence-electron chi connectivity index (χ2n) is 6.08. The average Bonchev–Trinajstić information content (AvgIpc) is 2.97. The molecule has 5 nitrogen and oxygen atoms in total. The summed E-state index contributed by atoms with van der Waals surface area (Å²) in [6.45, 7) is 3.59. The van der Waals surface area contributed by atoms with Crippen molar-refractivity contribution in [1.82, 2.24) is 9.78 Å². The van der Waals surface area contributed by atoms with E-state index in [0.717, 1.165) is 0 Å². The van der Waals surface area contributed by atoms with Gasteiger partial charge in [0.15, 0.2) is 5.69 Å². The standard InChI is InChI=1S/C20H17F3N2O3/c1-3-15-12(2)25(24-18(15)19(26)27)14-8-6-7-13(11-14)16-9-4-5-10-17(16)28-20(21,22)23/h4-11H,3H2,1-2H3,(H,26,27). The predicted molar refractivity (Wildman–Crippen MR) is 96.8 cm³/mol. The minimum atomic E-state index is -4.81. The van der Waals surface area contributed by atoms with E-state index in [1.54, 1.807) is 37.3 Å². The van der Waals surface area contributed by atoms with Gasteiger partial charge < -0.3 is 9.84 Å². The zero-order valence-corrected chi connectivity index (χ0v) is 15.1. The highest BCUT2D eigenvalue weighted by Gasteiger charge is 2.32. The normalized spacial score (nSPS) is 11.5. The highest BCUT2D eigenvalue weighted by atomic mass is 19.4. The van der Waals surface area contributed by atoms with Crippen LogP contribution in [0, 0.1) is 6.92 Å². The quantitative estimate of drug-likeness (QED) is 0.665. The molecule has 3 aromatic rings. The van der Waals surface area contributed by atoms with Crippen molar-refractivity contribution in [2.24, 2.45) is 0 Å². The number of carbonyl (C=O) groups is 1. The molecule has 8 heteroatoms. The Bertz CT molecular complexity index is 1030. The van der Waals surface area contributed by atoms with E-state index in [0.29, 0.717) is 28.9 Å². The number of carboxylic acid groups (broad SMARTS) is 1. The maximum absolute atomic E-state index is 12.7. The van der Waals surface area contributed by atoms with Crippen LogP contribution in [0.3, 0.4) is 0 Å². The number of carboxylic acids is 1. The summed E-state index contributed by atoms with van der Waals surface area (Å²) >= 11 is 0. The summed E-state index contributed by atoms with van der Waals surface area (Å²) in [6.07, 6.45) is -4.31. The van der Waals surface area contributed by atoms with Crippen molar-refractivity contribution in [2.45, 2.75) is 26.6 Å². The molecular weight excluding hydrogens is 373 g/mol. The fourth-order valence-corrected chi connectivity index (χ4v) is 3.11. The topological polar surface area (TPSA) is 64.3 Å². The highest BCUT2D eigenvalue weighted by molar-refractivity contribution is 5.87. The number of ether oxygens (including phenoxy) is 1. The van der Waals surface area contributed by atoms with E-state index in [2.05, 4.69) is 9.84 Å². The van der Waals surface area contributed by atoms with Crippen LogP contribution >= 0.6 is 0 Å². The van der Waals surface area contributed by atoms with Gasteiger partial charge in [0, 0.05) is 16.8 Å². The fraction of sp³-hybridized carbons (Fsp3) is 0.200. The van der Waals surface area contributed by atoms with E-state index in [4.69, 9.17) is 0 Å². The van der Waals surface area contributed by atoms with Crippen molar-refractivity contribution in [3.05, 3.63) is 65.5 Å². The lowest BCUT2D eigenvalue weighted by molar-refractivity contribution is -0.274. The molecule has 1 aromatic heterocycles. The summed E-state index contributed by atoms with van der Waals surface area (Å²) in [4.78, 5) is 11.4. The Kier molecular flexibility index (Phi) is 5.13. The maximum Gasteiger partial charge on any atom is 0.573 e. The van der Waals surface area contributed by atoms with E-state index < -0.39 is 12.3 Å². The monoisotopic (exact) mass is 390 g/mol. The van der Waals surface area contributed by atoms with Gasteiger partial charge in [-0.25, -0.2) is 9.48 Å². The first-order chi connectivity index (χ1) is 13.2. The highest BCUT2D eigenvalue weighted by Crippen LogP contribution is 2.34. The predicted octanol–water partition coefficient (Wildman–Crippen LogP) is 5.01. The van der Waals surface area contributed by atoms with Crippen molar-refractivity contribution < 1.29 is 27.8 Å². The number of para-hydroxylation sites is 1. The van der Waals surface area contributed by atoms with Crippen LogP contribution in [0.4, 0.5) is 13.2 Å². The number of rotatable bonds is 5. The van der Waals surface area contributed by atoms with Gasteiger partial charge >= 0.3 is 12.3 Å². The van der Waals surface area contributed by atoms with Gasteiger partial charge in [0.2, 0.25) is 0 Å². The number of aromatic nitrogens is 2. The Morgan fingerprint density at radius 3 is 2.50 bits per heavy atom. The molecule has 28 heavy (non-hydrogen) atoms. The molecule has 0 spiro atoms. The van der Waals surface area contributed by atoms with E-state index in [9.17, 15) is 23.1 Å². The molecule has 0 radical (unpaired) electrons. The van der Waals surface area contributed by atoms with Gasteiger partial charge in [-0.15, -0.1) is 13.2 Å². The van der Waals surface area contributed by atoms with E-state index in [1.165, 1.54) is 22.9 Å². The lowest BCUT2D eigenvalue weighted by Gasteiger charge is -2.14. The minimum Gasteiger partial charge on any atom is -0.476 e. The molecule has 0 aliphatic rings. The van der Waals surface area contributed by atoms with Crippen molar-refractivity contribution in [3.8, 4) is 22.6 Å². The number of benzene rings is 2. The maximum atomic E-state index is 12.7. The Morgan fingerprint density at radius 1 is 1.18 bits per heavy atom. The Labute approximate surface area is 159 Å². The third-order valence-electron chi connectivity index (χ3n) is 4.31. The van der Waals surface area contributed by atoms with Crippen LogP contribution < -0.4 is 4.74 Å². The molecule has 0 saturated heterocycles. The van der Waals surface area contributed by atoms with Crippen molar-refractivity contribution in [2.75, 3.05) is 0 Å². The molecule has 0 aliphatic heterocycles. The minimum absolute atomic E-state index is 0.0359. The van der Waals surface area contributed by atoms with Gasteiger partial charge in [0.1, 0.15) is 5.75 Å². The smallest absolute Gasteiger partial charge is 0.476 e. The second-order valence-corrected chi connectivity index (χ2v) is 6.08. The number of aromatic carboxylic acids is 1. The van der Waals surface area contributed by atoms with Gasteiger partial charge in [-0.2, -0.15) is 5.10 Å². The number of alkyl halides is 3. The van der Waals surface area contributed by atoms with Crippen molar-refractivity contribution >= 4 is 5.97 Å². The molecule has 0 amide bonds. The van der Waals surface area contributed by atoms with Crippen LogP contribution in [0.15, 0.2) is 48.5 Å². The van der Waals surface area contributed by atoms with Crippen LogP contribution in [0.1, 0.15) is 28.7 Å². The van der Waals surface area contributed by atoms with Crippen LogP contribution in [0.2, 0.25) is 0 Å². The Morgan fingerprint density at radius 2 is 1.89 bits per heavy atom. The van der Waals surface area contributed by atoms with Gasteiger partial charge in [-0.3, -0.25) is 0 Å². The Balaban J connectivity index is 2.10. The first-order valence-electron chi connectivity index (χ1n) is 8.48. The SMILES string of the molecule is CCc1c(C(=O)O)nn(-c2cccc(-c3ccccc3OC(F)(F)F)c2)c1C. The summed E-state index contributed by atoms with van der Waals surface area (Å²) in [6, 6.07) is 12.5. The van der Waals surface area contributed by atoms with Crippen LogP contribution in [0.25, 0.3) is 16.8 Å². The second kappa shape index (κ2) is 7.38. The number of hydrogen-bond donors (Lipinski definition) is 1. The summed E-state index contributed by atoms with van der Waals surface area (Å²) in [5.74, 6) is -1.44. The first kappa shape index (κ1) is 19.5. The number of hydrogen-bond acceptors (Lipinski definition) is 3. The molecule has 0 fully saturated rings. The van der Waals surface area contributed by atoms with Crippen molar-refractivity contribution in [3.63, 3.8) is 0 Å². The van der Waals surface area contributed by atoms with Crippen LogP contribution in [-0.4, -0.2) is 27.2 Å². The largest absolute Gasteiger partial charge is 0.573 e. The van der Waals surface area contributed by atoms with Crippen LogP contribution in [-0.2, 0) is 6.42 Å². The summed E-state index contributed by atoms with van der Waals surface area (Å²) in [5, 5.41) is 13.5. The molecule has 0 unspecified atom stereocenters. The van der Waals surface area contributed by atoms with Gasteiger partial charge in [0.25, 0.3) is 0 Å². The molecule has 1 heterocycles. The van der Waals surface area contributed by atoms with Crippen molar-refractivity contribution in [1.29, 1.82) is 0 Å². The molecular formula is C20H17F3N2O3. The summed E-state index contributed by atoms with van der Waals surface area (Å²) in [7, 11) is 0. The van der Waals surface area contributed by atoms with Gasteiger partial charge in [0.05, 0.1) is 5.69 Å². The van der Waals surface area contributed by atoms with E-state index in [-0.39, 0.29) is 17.0 Å². The Hall–Kier alpha value is -3.29. The zero-order valence-electron chi connectivity index (χ0n) is 15.1. The van der Waals surface area contributed by atoms with E-state index >= 15 is 0 Å². The molecule has 0 atom stereocenters. The molecule has 0 bridgehead atoms. The third kappa shape index (κ3) is 3.85. The lowest BCUT2D eigenvalue weighted by atomic mass is 10.0. The average molecular weight is 390 g/mol. The molecule has 2 aromatic carbocycles. The molecule has 146 valence electrons. The van der Waals surface area contributed by atoms with Gasteiger partial charge in [-0.1, -0.05) is 37.3 Å². The summed E-state index contributed by atoms with van der Waals surface area (Å²) in [5.41, 5.74) is 2.53. The first-order valence-corrected chi connectivity index (χ1v) is 8.48. The lowest BCUT2D eigenvalue weighted by Crippen LogP contribution is -2.17. The third-order valence-corrected chi connectivity index (χ3v) is 4.31. The molecule has 1 N–H and O–H groups in total.